The molecule has 0 spiro atoms. The zero-order valence-corrected chi connectivity index (χ0v) is 8.77. The van der Waals surface area contributed by atoms with Gasteiger partial charge in [0.05, 0.1) is 17.1 Å². The predicted molar refractivity (Wildman–Crippen MR) is 56.9 cm³/mol. The van der Waals surface area contributed by atoms with Gasteiger partial charge < -0.3 is 5.11 Å². The fraction of sp³-hybridized carbons (Fsp3) is 0.111. The summed E-state index contributed by atoms with van der Waals surface area (Å²) in [6.07, 6.45) is 2.97. The van der Waals surface area contributed by atoms with Gasteiger partial charge in [0, 0.05) is 10.5 Å². The number of benzene rings is 1. The van der Waals surface area contributed by atoms with E-state index >= 15 is 0 Å². The molecular formula is C9H8BrNO3. The Bertz CT molecular complexity index is 376. The second-order valence-corrected chi connectivity index (χ2v) is 3.46. The van der Waals surface area contributed by atoms with Gasteiger partial charge in [-0.05, 0) is 18.2 Å². The molecule has 0 aromatic heterocycles. The van der Waals surface area contributed by atoms with E-state index in [9.17, 15) is 10.1 Å². The Hall–Kier alpha value is -1.20. The Balaban J connectivity index is 3.15. The second-order valence-electron chi connectivity index (χ2n) is 2.55. The summed E-state index contributed by atoms with van der Waals surface area (Å²) in [5, 5.41) is 19.2. The minimum absolute atomic E-state index is 0.0177. The third-order valence-corrected chi connectivity index (χ3v) is 2.09. The van der Waals surface area contributed by atoms with E-state index in [-0.39, 0.29) is 12.3 Å². The Labute approximate surface area is 89.2 Å². The van der Waals surface area contributed by atoms with Crippen molar-refractivity contribution in [2.75, 3.05) is 6.61 Å². The van der Waals surface area contributed by atoms with Gasteiger partial charge >= 0.3 is 0 Å². The maximum Gasteiger partial charge on any atom is 0.277 e. The molecule has 1 aromatic rings. The molecule has 0 saturated carbocycles. The van der Waals surface area contributed by atoms with Crippen LogP contribution in [-0.4, -0.2) is 16.6 Å². The number of nitro groups is 1. The van der Waals surface area contributed by atoms with Gasteiger partial charge in [0.15, 0.2) is 0 Å². The topological polar surface area (TPSA) is 63.4 Å². The smallest absolute Gasteiger partial charge is 0.277 e. The summed E-state index contributed by atoms with van der Waals surface area (Å²) in [7, 11) is 0. The van der Waals surface area contributed by atoms with Crippen LogP contribution in [0.2, 0.25) is 0 Å². The molecule has 0 aliphatic rings. The van der Waals surface area contributed by atoms with Gasteiger partial charge in [-0.3, -0.25) is 10.1 Å². The highest BCUT2D eigenvalue weighted by atomic mass is 79.9. The normalized spacial score (nSPS) is 10.7. The SMILES string of the molecule is O=[N+]([O-])c1cc(Br)ccc1/C=C/CO. The molecule has 5 heteroatoms. The number of nitrogens with zero attached hydrogens (tertiary/aromatic N) is 1. The molecule has 0 aliphatic heterocycles. The van der Waals surface area contributed by atoms with Gasteiger partial charge in [-0.1, -0.05) is 22.0 Å². The van der Waals surface area contributed by atoms with Crippen LogP contribution in [0.3, 0.4) is 0 Å². The van der Waals surface area contributed by atoms with Gasteiger partial charge in [-0.15, -0.1) is 0 Å². The van der Waals surface area contributed by atoms with Crippen molar-refractivity contribution in [1.29, 1.82) is 0 Å². The van der Waals surface area contributed by atoms with Gasteiger partial charge in [0.2, 0.25) is 0 Å². The number of aliphatic hydroxyl groups excluding tert-OH is 1. The lowest BCUT2D eigenvalue weighted by Crippen LogP contribution is -1.91. The van der Waals surface area contributed by atoms with Crippen LogP contribution < -0.4 is 0 Å². The lowest BCUT2D eigenvalue weighted by molar-refractivity contribution is -0.385. The van der Waals surface area contributed by atoms with Gasteiger partial charge in [-0.25, -0.2) is 0 Å². The van der Waals surface area contributed by atoms with Crippen LogP contribution in [0.5, 0.6) is 0 Å². The molecule has 0 heterocycles. The molecule has 0 saturated heterocycles. The molecule has 0 unspecified atom stereocenters. The highest BCUT2D eigenvalue weighted by molar-refractivity contribution is 9.10. The van der Waals surface area contributed by atoms with E-state index in [0.29, 0.717) is 10.0 Å². The molecule has 0 bridgehead atoms. The van der Waals surface area contributed by atoms with E-state index in [4.69, 9.17) is 5.11 Å². The van der Waals surface area contributed by atoms with Crippen molar-refractivity contribution in [2.45, 2.75) is 0 Å². The number of aliphatic hydroxyl groups is 1. The maximum atomic E-state index is 10.6. The summed E-state index contributed by atoms with van der Waals surface area (Å²) in [5.74, 6) is 0. The summed E-state index contributed by atoms with van der Waals surface area (Å²) >= 11 is 3.15. The van der Waals surface area contributed by atoms with Crippen molar-refractivity contribution < 1.29 is 10.0 Å². The standard InChI is InChI=1S/C9H8BrNO3/c10-8-4-3-7(2-1-5-12)9(6-8)11(13)14/h1-4,6,12H,5H2/b2-1+. The van der Waals surface area contributed by atoms with Crippen molar-refractivity contribution in [3.8, 4) is 0 Å². The predicted octanol–water partition coefficient (Wildman–Crippen LogP) is 2.36. The molecule has 0 fully saturated rings. The number of nitro benzene ring substituents is 1. The molecule has 1 N–H and O–H groups in total. The Morgan fingerprint density at radius 1 is 1.57 bits per heavy atom. The van der Waals surface area contributed by atoms with Crippen LogP contribution in [0.25, 0.3) is 6.08 Å². The fourth-order valence-corrected chi connectivity index (χ4v) is 1.34. The van der Waals surface area contributed by atoms with Crippen LogP contribution in [-0.2, 0) is 0 Å². The van der Waals surface area contributed by atoms with Crippen LogP contribution in [0, 0.1) is 10.1 Å². The van der Waals surface area contributed by atoms with E-state index in [2.05, 4.69) is 15.9 Å². The van der Waals surface area contributed by atoms with Crippen LogP contribution >= 0.6 is 15.9 Å². The largest absolute Gasteiger partial charge is 0.392 e. The molecule has 0 amide bonds. The van der Waals surface area contributed by atoms with Crippen LogP contribution in [0.15, 0.2) is 28.7 Å². The Morgan fingerprint density at radius 2 is 2.29 bits per heavy atom. The molecule has 0 radical (unpaired) electrons. The van der Waals surface area contributed by atoms with E-state index in [1.54, 1.807) is 12.1 Å². The van der Waals surface area contributed by atoms with Gasteiger partial charge in [0.1, 0.15) is 0 Å². The third-order valence-electron chi connectivity index (χ3n) is 1.59. The fourth-order valence-electron chi connectivity index (χ4n) is 0.996. The lowest BCUT2D eigenvalue weighted by atomic mass is 10.1. The Kier molecular flexibility index (Phi) is 3.79. The maximum absolute atomic E-state index is 10.6. The van der Waals surface area contributed by atoms with E-state index < -0.39 is 4.92 Å². The number of hydrogen-bond acceptors (Lipinski definition) is 3. The lowest BCUT2D eigenvalue weighted by Gasteiger charge is -1.97. The van der Waals surface area contributed by atoms with Crippen molar-refractivity contribution in [2.24, 2.45) is 0 Å². The van der Waals surface area contributed by atoms with Crippen molar-refractivity contribution in [3.05, 3.63) is 44.4 Å². The van der Waals surface area contributed by atoms with Crippen molar-refractivity contribution in [3.63, 3.8) is 0 Å². The van der Waals surface area contributed by atoms with Gasteiger partial charge in [-0.2, -0.15) is 0 Å². The summed E-state index contributed by atoms with van der Waals surface area (Å²) in [6.45, 7) is -0.132. The number of rotatable bonds is 3. The van der Waals surface area contributed by atoms with Gasteiger partial charge in [0.25, 0.3) is 5.69 Å². The highest BCUT2D eigenvalue weighted by Gasteiger charge is 2.11. The van der Waals surface area contributed by atoms with E-state index in [1.807, 2.05) is 0 Å². The first-order valence-corrected chi connectivity index (χ1v) is 4.66. The third kappa shape index (κ3) is 2.65. The average Bonchev–Trinajstić information content (AvgIpc) is 2.15. The zero-order chi connectivity index (χ0) is 10.6. The summed E-state index contributed by atoms with van der Waals surface area (Å²) < 4.78 is 0.658. The molecule has 0 aliphatic carbocycles. The molecule has 1 rings (SSSR count). The van der Waals surface area contributed by atoms with Crippen LogP contribution in [0.1, 0.15) is 5.56 Å². The van der Waals surface area contributed by atoms with Crippen molar-refractivity contribution >= 4 is 27.7 Å². The van der Waals surface area contributed by atoms with Crippen LogP contribution in [0.4, 0.5) is 5.69 Å². The first kappa shape index (κ1) is 10.9. The minimum Gasteiger partial charge on any atom is -0.392 e. The summed E-state index contributed by atoms with van der Waals surface area (Å²) in [4.78, 5) is 10.2. The molecule has 0 atom stereocenters. The second kappa shape index (κ2) is 4.88. The molecular weight excluding hydrogens is 250 g/mol. The molecule has 14 heavy (non-hydrogen) atoms. The van der Waals surface area contributed by atoms with E-state index in [1.165, 1.54) is 18.2 Å². The zero-order valence-electron chi connectivity index (χ0n) is 7.18. The summed E-state index contributed by atoms with van der Waals surface area (Å²) in [5.41, 5.74) is 0.497. The average molecular weight is 258 g/mol. The highest BCUT2D eigenvalue weighted by Crippen LogP contribution is 2.24. The Morgan fingerprint density at radius 3 is 2.86 bits per heavy atom. The molecule has 74 valence electrons. The van der Waals surface area contributed by atoms with Crippen molar-refractivity contribution in [1.82, 2.24) is 0 Å². The summed E-state index contributed by atoms with van der Waals surface area (Å²) in [6, 6.07) is 4.76. The number of halogens is 1. The minimum atomic E-state index is -0.457. The molecule has 4 nitrogen and oxygen atoms in total. The first-order valence-electron chi connectivity index (χ1n) is 3.86. The number of hydrogen-bond donors (Lipinski definition) is 1. The monoisotopic (exact) mass is 257 g/mol. The first-order chi connectivity index (χ1) is 6.65. The quantitative estimate of drug-likeness (QED) is 0.668. The van der Waals surface area contributed by atoms with E-state index in [0.717, 1.165) is 0 Å². The molecule has 1 aromatic carbocycles.